The van der Waals surface area contributed by atoms with E-state index < -0.39 is 0 Å². The molecule has 0 saturated carbocycles. The van der Waals surface area contributed by atoms with Gasteiger partial charge in [0.2, 0.25) is 0 Å². The lowest BCUT2D eigenvalue weighted by Crippen LogP contribution is -2.36. The minimum Gasteiger partial charge on any atom is -0.376 e. The third-order valence-electron chi connectivity index (χ3n) is 6.48. The molecule has 0 amide bonds. The van der Waals surface area contributed by atoms with E-state index in [0.717, 1.165) is 59.4 Å². The first-order valence-electron chi connectivity index (χ1n) is 11.1. The number of aryl methyl sites for hydroxylation is 1. The van der Waals surface area contributed by atoms with Gasteiger partial charge in [-0.1, -0.05) is 12.1 Å². The quantitative estimate of drug-likeness (QED) is 0.567. The summed E-state index contributed by atoms with van der Waals surface area (Å²) in [5.74, 6) is -0.244. The molecule has 2 aliphatic heterocycles. The number of nitrogens with one attached hydrogen (secondary N) is 1. The van der Waals surface area contributed by atoms with Crippen molar-refractivity contribution >= 4 is 17.3 Å². The van der Waals surface area contributed by atoms with Gasteiger partial charge >= 0.3 is 0 Å². The van der Waals surface area contributed by atoms with Crippen LogP contribution in [0.4, 0.5) is 4.39 Å². The van der Waals surface area contributed by atoms with Gasteiger partial charge in [-0.3, -0.25) is 4.98 Å². The highest BCUT2D eigenvalue weighted by atomic mass is 32.1. The van der Waals surface area contributed by atoms with Crippen molar-refractivity contribution < 1.29 is 9.13 Å². The van der Waals surface area contributed by atoms with Gasteiger partial charge in [-0.15, -0.1) is 0 Å². The van der Waals surface area contributed by atoms with E-state index in [0.29, 0.717) is 0 Å². The molecule has 3 unspecified atom stereocenters. The van der Waals surface area contributed by atoms with E-state index in [1.165, 1.54) is 6.07 Å². The molecule has 2 saturated heterocycles. The Morgan fingerprint density at radius 3 is 2.78 bits per heavy atom. The topological polar surface area (TPSA) is 42.3 Å². The number of hydrogen-bond donors (Lipinski definition) is 1. The highest BCUT2D eigenvalue weighted by Gasteiger charge is 2.42. The lowest BCUT2D eigenvalue weighted by atomic mass is 9.96. The van der Waals surface area contributed by atoms with Crippen LogP contribution in [0.3, 0.4) is 0 Å². The van der Waals surface area contributed by atoms with Crippen molar-refractivity contribution in [3.8, 4) is 5.69 Å². The summed E-state index contributed by atoms with van der Waals surface area (Å²) >= 11 is 5.80. The third kappa shape index (κ3) is 3.80. The molecular weight excluding hydrogens is 423 g/mol. The predicted molar refractivity (Wildman–Crippen MR) is 126 cm³/mol. The number of thiocarbonyl (C=S) groups is 1. The second kappa shape index (κ2) is 8.64. The van der Waals surface area contributed by atoms with Gasteiger partial charge in [0.05, 0.1) is 23.9 Å². The fourth-order valence-electron chi connectivity index (χ4n) is 5.05. The van der Waals surface area contributed by atoms with E-state index in [4.69, 9.17) is 17.0 Å². The molecule has 2 aromatic heterocycles. The molecule has 1 N–H and O–H groups in total. The van der Waals surface area contributed by atoms with Crippen molar-refractivity contribution in [2.75, 3.05) is 13.2 Å². The van der Waals surface area contributed by atoms with Crippen LogP contribution in [0, 0.1) is 19.7 Å². The first-order chi connectivity index (χ1) is 15.5. The number of halogens is 1. The number of nitrogens with zero attached hydrogens (tertiary/aromatic N) is 3. The first-order valence-corrected chi connectivity index (χ1v) is 11.5. The molecule has 0 radical (unpaired) electrons. The summed E-state index contributed by atoms with van der Waals surface area (Å²) < 4.78 is 22.0. The van der Waals surface area contributed by atoms with Crippen LogP contribution < -0.4 is 5.32 Å². The molecule has 0 bridgehead atoms. The Kier molecular flexibility index (Phi) is 5.69. The van der Waals surface area contributed by atoms with Crippen LogP contribution in [0.1, 0.15) is 47.6 Å². The van der Waals surface area contributed by atoms with Crippen LogP contribution in [-0.4, -0.2) is 38.8 Å². The number of hydrogen-bond acceptors (Lipinski definition) is 3. The van der Waals surface area contributed by atoms with Gasteiger partial charge in [-0.25, -0.2) is 4.39 Å². The van der Waals surface area contributed by atoms with Gasteiger partial charge in [-0.05, 0) is 80.9 Å². The average Bonchev–Trinajstić information content (AvgIpc) is 3.48. The van der Waals surface area contributed by atoms with E-state index >= 15 is 0 Å². The van der Waals surface area contributed by atoms with E-state index in [2.05, 4.69) is 39.7 Å². The summed E-state index contributed by atoms with van der Waals surface area (Å²) in [4.78, 5) is 6.88. The van der Waals surface area contributed by atoms with E-state index in [-0.39, 0.29) is 24.0 Å². The highest BCUT2D eigenvalue weighted by molar-refractivity contribution is 7.80. The average molecular weight is 451 g/mol. The van der Waals surface area contributed by atoms with Crippen molar-refractivity contribution in [2.24, 2.45) is 0 Å². The van der Waals surface area contributed by atoms with Crippen molar-refractivity contribution in [1.82, 2.24) is 19.8 Å². The van der Waals surface area contributed by atoms with Gasteiger partial charge in [-0.2, -0.15) is 0 Å². The number of benzene rings is 1. The monoisotopic (exact) mass is 450 g/mol. The summed E-state index contributed by atoms with van der Waals surface area (Å²) in [6.45, 7) is 5.70. The summed E-state index contributed by atoms with van der Waals surface area (Å²) in [5, 5.41) is 4.24. The molecule has 166 valence electrons. The maximum Gasteiger partial charge on any atom is 0.170 e. The van der Waals surface area contributed by atoms with Gasteiger partial charge in [0.25, 0.3) is 0 Å². The lowest BCUT2D eigenvalue weighted by molar-refractivity contribution is 0.0842. The largest absolute Gasteiger partial charge is 0.376 e. The fraction of sp³-hybridized carbons (Fsp3) is 0.360. The molecule has 32 heavy (non-hydrogen) atoms. The number of pyridine rings is 1. The molecule has 3 aromatic rings. The Balaban J connectivity index is 1.59. The minimum atomic E-state index is -0.244. The summed E-state index contributed by atoms with van der Waals surface area (Å²) in [6, 6.07) is 14.8. The summed E-state index contributed by atoms with van der Waals surface area (Å²) in [6.07, 6.45) is 4.12. The van der Waals surface area contributed by atoms with Crippen molar-refractivity contribution in [2.45, 2.75) is 44.9 Å². The van der Waals surface area contributed by atoms with Crippen LogP contribution in [0.2, 0.25) is 0 Å². The van der Waals surface area contributed by atoms with Crippen LogP contribution in [0.25, 0.3) is 5.69 Å². The highest BCUT2D eigenvalue weighted by Crippen LogP contribution is 2.42. The zero-order chi connectivity index (χ0) is 22.2. The Morgan fingerprint density at radius 2 is 2.06 bits per heavy atom. The molecule has 4 heterocycles. The Hall–Kier alpha value is -2.77. The predicted octanol–water partition coefficient (Wildman–Crippen LogP) is 4.78. The molecule has 1 aromatic carbocycles. The first kappa shape index (κ1) is 21.1. The molecule has 5 rings (SSSR count). The van der Waals surface area contributed by atoms with E-state index in [9.17, 15) is 4.39 Å². The Bertz CT molecular complexity index is 1130. The maximum absolute atomic E-state index is 14.0. The number of ether oxygens (including phenoxy) is 1. The minimum absolute atomic E-state index is 0.0323. The van der Waals surface area contributed by atoms with Crippen LogP contribution >= 0.6 is 12.2 Å². The summed E-state index contributed by atoms with van der Waals surface area (Å²) in [5.41, 5.74) is 5.05. The zero-order valence-corrected chi connectivity index (χ0v) is 19.1. The van der Waals surface area contributed by atoms with Crippen molar-refractivity contribution in [1.29, 1.82) is 0 Å². The summed E-state index contributed by atoms with van der Waals surface area (Å²) in [7, 11) is 0. The second-order valence-electron chi connectivity index (χ2n) is 8.56. The second-order valence-corrected chi connectivity index (χ2v) is 8.94. The van der Waals surface area contributed by atoms with Crippen molar-refractivity contribution in [3.05, 3.63) is 83.2 Å². The van der Waals surface area contributed by atoms with Gasteiger partial charge in [0.1, 0.15) is 5.82 Å². The molecule has 0 aliphatic carbocycles. The number of rotatable bonds is 5. The Morgan fingerprint density at radius 1 is 1.19 bits per heavy atom. The standard InChI is InChI=1S/C25H27FN4OS/c1-16-13-21(17(2)30(16)19-8-5-7-18(26)14-19)24-23(22-10-3-4-11-27-22)28-25(32)29(24)15-20-9-6-12-31-20/h3-5,7-8,10-11,13-14,20,23-24H,6,9,12,15H2,1-2H3,(H,28,32). The fourth-order valence-corrected chi connectivity index (χ4v) is 5.36. The van der Waals surface area contributed by atoms with Gasteiger partial charge < -0.3 is 19.5 Å². The number of aromatic nitrogens is 2. The molecule has 0 spiro atoms. The molecule has 5 nitrogen and oxygen atoms in total. The van der Waals surface area contributed by atoms with E-state index in [1.54, 1.807) is 12.1 Å². The van der Waals surface area contributed by atoms with Crippen molar-refractivity contribution in [3.63, 3.8) is 0 Å². The zero-order valence-electron chi connectivity index (χ0n) is 18.3. The maximum atomic E-state index is 14.0. The molecule has 2 aliphatic rings. The lowest BCUT2D eigenvalue weighted by Gasteiger charge is -2.30. The molecule has 3 atom stereocenters. The van der Waals surface area contributed by atoms with E-state index in [1.807, 2.05) is 30.5 Å². The molecular formula is C25H27FN4OS. The SMILES string of the molecule is Cc1cc(C2C(c3ccccn3)NC(=S)N2CC2CCCO2)c(C)n1-c1cccc(F)c1. The molecule has 7 heteroatoms. The normalized spacial score (nSPS) is 23.0. The third-order valence-corrected chi connectivity index (χ3v) is 6.83. The van der Waals surface area contributed by atoms with Gasteiger partial charge in [0.15, 0.2) is 5.11 Å². The van der Waals surface area contributed by atoms with Crippen LogP contribution in [0.5, 0.6) is 0 Å². The smallest absolute Gasteiger partial charge is 0.170 e. The Labute approximate surface area is 193 Å². The van der Waals surface area contributed by atoms with Crippen LogP contribution in [0.15, 0.2) is 54.7 Å². The van der Waals surface area contributed by atoms with Crippen LogP contribution in [-0.2, 0) is 4.74 Å². The molecule has 2 fully saturated rings. The van der Waals surface area contributed by atoms with Gasteiger partial charge in [0, 0.05) is 36.4 Å².